The summed E-state index contributed by atoms with van der Waals surface area (Å²) in [4.78, 5) is 25.7. The molecule has 1 aliphatic rings. The van der Waals surface area contributed by atoms with Crippen LogP contribution in [0.4, 0.5) is 0 Å². The summed E-state index contributed by atoms with van der Waals surface area (Å²) in [6.45, 7) is 0. The molecule has 3 rings (SSSR count). The van der Waals surface area contributed by atoms with E-state index in [1.165, 1.54) is 6.08 Å². The van der Waals surface area contributed by atoms with Crippen LogP contribution < -0.4 is 0 Å². The standard InChI is InChI=1S/C12H7NO2/c14-10-6-5-8-7-3-1-2-4-9(7)13-11(8)12(10)15/h1-6,13H. The zero-order valence-electron chi connectivity index (χ0n) is 7.78. The SMILES string of the molecule is O=C1C=Cc2c([nH]c3ccccc23)C1=O. The lowest BCUT2D eigenvalue weighted by Crippen LogP contribution is -2.15. The van der Waals surface area contributed by atoms with Crippen LogP contribution in [0.5, 0.6) is 0 Å². The number of hydrogen-bond donors (Lipinski definition) is 1. The molecule has 0 amide bonds. The molecule has 0 unspecified atom stereocenters. The Balaban J connectivity index is 2.43. The highest BCUT2D eigenvalue weighted by Gasteiger charge is 2.24. The molecule has 0 fully saturated rings. The maximum Gasteiger partial charge on any atom is 0.249 e. The lowest BCUT2D eigenvalue weighted by atomic mass is 10.0. The third-order valence-electron chi connectivity index (χ3n) is 2.60. The molecule has 0 bridgehead atoms. The molecule has 2 aromatic rings. The monoisotopic (exact) mass is 197 g/mol. The van der Waals surface area contributed by atoms with Gasteiger partial charge in [-0.3, -0.25) is 9.59 Å². The van der Waals surface area contributed by atoms with Crippen LogP contribution in [0.3, 0.4) is 0 Å². The summed E-state index contributed by atoms with van der Waals surface area (Å²) in [5.74, 6) is -0.919. The van der Waals surface area contributed by atoms with Gasteiger partial charge in [0, 0.05) is 16.5 Å². The smallest absolute Gasteiger partial charge is 0.249 e. The predicted octanol–water partition coefficient (Wildman–Crippen LogP) is 1.95. The Hall–Kier alpha value is -2.16. The minimum Gasteiger partial charge on any atom is -0.351 e. The van der Waals surface area contributed by atoms with Crippen molar-refractivity contribution in [2.24, 2.45) is 0 Å². The lowest BCUT2D eigenvalue weighted by molar-refractivity contribution is -0.110. The Labute approximate surface area is 85.4 Å². The van der Waals surface area contributed by atoms with Gasteiger partial charge >= 0.3 is 0 Å². The minimum absolute atomic E-state index is 0.406. The van der Waals surface area contributed by atoms with Crippen molar-refractivity contribution in [1.82, 2.24) is 4.98 Å². The summed E-state index contributed by atoms with van der Waals surface area (Å²) < 4.78 is 0. The van der Waals surface area contributed by atoms with Gasteiger partial charge < -0.3 is 4.98 Å². The average molecular weight is 197 g/mol. The minimum atomic E-state index is -0.464. The summed E-state index contributed by atoms with van der Waals surface area (Å²) in [5.41, 5.74) is 2.11. The number of carbonyl (C=O) groups excluding carboxylic acids is 2. The van der Waals surface area contributed by atoms with Crippen molar-refractivity contribution in [2.75, 3.05) is 0 Å². The van der Waals surface area contributed by atoms with Crippen LogP contribution in [0.2, 0.25) is 0 Å². The molecule has 15 heavy (non-hydrogen) atoms. The third kappa shape index (κ3) is 1.00. The van der Waals surface area contributed by atoms with Gasteiger partial charge in [0.25, 0.3) is 0 Å². The van der Waals surface area contributed by atoms with E-state index in [1.54, 1.807) is 6.08 Å². The topological polar surface area (TPSA) is 49.9 Å². The number of rotatable bonds is 0. The maximum absolute atomic E-state index is 11.6. The summed E-state index contributed by atoms with van der Waals surface area (Å²) in [6, 6.07) is 7.61. The fourth-order valence-corrected chi connectivity index (χ4v) is 1.87. The number of H-pyrrole nitrogens is 1. The van der Waals surface area contributed by atoms with Gasteiger partial charge in [0.15, 0.2) is 0 Å². The van der Waals surface area contributed by atoms with E-state index in [4.69, 9.17) is 0 Å². The van der Waals surface area contributed by atoms with E-state index >= 15 is 0 Å². The first-order valence-corrected chi connectivity index (χ1v) is 4.65. The third-order valence-corrected chi connectivity index (χ3v) is 2.60. The van der Waals surface area contributed by atoms with Gasteiger partial charge in [-0.05, 0) is 18.2 Å². The zero-order chi connectivity index (χ0) is 10.4. The molecule has 1 aromatic heterocycles. The molecule has 0 aliphatic heterocycles. The molecule has 1 heterocycles. The van der Waals surface area contributed by atoms with Gasteiger partial charge in [0.05, 0.1) is 5.69 Å². The molecule has 0 spiro atoms. The molecule has 0 saturated heterocycles. The number of aromatic nitrogens is 1. The predicted molar refractivity (Wildman–Crippen MR) is 56.7 cm³/mol. The second-order valence-corrected chi connectivity index (χ2v) is 3.49. The number of hydrogen-bond acceptors (Lipinski definition) is 2. The largest absolute Gasteiger partial charge is 0.351 e. The van der Waals surface area contributed by atoms with Gasteiger partial charge in [-0.1, -0.05) is 18.2 Å². The van der Waals surface area contributed by atoms with Gasteiger partial charge in [0.1, 0.15) is 0 Å². The average Bonchev–Trinajstić information content (AvgIpc) is 2.63. The van der Waals surface area contributed by atoms with Gasteiger partial charge in [-0.15, -0.1) is 0 Å². The quantitative estimate of drug-likeness (QED) is 0.656. The highest BCUT2D eigenvalue weighted by molar-refractivity contribution is 6.50. The summed E-state index contributed by atoms with van der Waals surface area (Å²) in [7, 11) is 0. The zero-order valence-corrected chi connectivity index (χ0v) is 7.78. The van der Waals surface area contributed by atoms with Gasteiger partial charge in [0.2, 0.25) is 11.6 Å². The fraction of sp³-hybridized carbons (Fsp3) is 0. The van der Waals surface area contributed by atoms with Crippen LogP contribution >= 0.6 is 0 Å². The van der Waals surface area contributed by atoms with Crippen LogP contribution in [0.25, 0.3) is 17.0 Å². The molecular weight excluding hydrogens is 190 g/mol. The van der Waals surface area contributed by atoms with Crippen LogP contribution in [0, 0.1) is 0 Å². The highest BCUT2D eigenvalue weighted by atomic mass is 16.2. The molecule has 3 heteroatoms. The Morgan fingerprint density at radius 3 is 2.67 bits per heavy atom. The van der Waals surface area contributed by atoms with E-state index in [9.17, 15) is 9.59 Å². The van der Waals surface area contributed by atoms with Crippen molar-refractivity contribution in [3.05, 3.63) is 41.6 Å². The van der Waals surface area contributed by atoms with Crippen LogP contribution in [-0.4, -0.2) is 16.6 Å². The number of Topliss-reactive ketones (excluding diaryl/α,β-unsaturated/α-hetero) is 1. The summed E-state index contributed by atoms with van der Waals surface area (Å²) in [6.07, 6.45) is 3.02. The van der Waals surface area contributed by atoms with Crippen molar-refractivity contribution in [3.8, 4) is 0 Å². The Morgan fingerprint density at radius 1 is 1.00 bits per heavy atom. The Morgan fingerprint density at radius 2 is 1.80 bits per heavy atom. The van der Waals surface area contributed by atoms with Crippen molar-refractivity contribution < 1.29 is 9.59 Å². The van der Waals surface area contributed by atoms with E-state index in [0.717, 1.165) is 16.5 Å². The molecule has 0 saturated carbocycles. The van der Waals surface area contributed by atoms with E-state index in [0.29, 0.717) is 5.69 Å². The van der Waals surface area contributed by atoms with E-state index in [2.05, 4.69) is 4.98 Å². The Kier molecular flexibility index (Phi) is 1.45. The first-order valence-electron chi connectivity index (χ1n) is 4.65. The molecule has 0 atom stereocenters. The van der Waals surface area contributed by atoms with Gasteiger partial charge in [-0.25, -0.2) is 0 Å². The van der Waals surface area contributed by atoms with Crippen LogP contribution in [-0.2, 0) is 4.79 Å². The van der Waals surface area contributed by atoms with Crippen LogP contribution in [0.1, 0.15) is 16.1 Å². The maximum atomic E-state index is 11.6. The number of allylic oxidation sites excluding steroid dienone is 1. The molecular formula is C12H7NO2. The molecule has 72 valence electrons. The first-order chi connectivity index (χ1) is 7.27. The summed E-state index contributed by atoms with van der Waals surface area (Å²) >= 11 is 0. The number of carbonyl (C=O) groups is 2. The normalized spacial score (nSPS) is 14.7. The van der Waals surface area contributed by atoms with Crippen molar-refractivity contribution >= 4 is 28.5 Å². The van der Waals surface area contributed by atoms with E-state index < -0.39 is 11.6 Å². The van der Waals surface area contributed by atoms with E-state index in [-0.39, 0.29) is 0 Å². The number of aromatic amines is 1. The lowest BCUT2D eigenvalue weighted by Gasteiger charge is -2.01. The second-order valence-electron chi connectivity index (χ2n) is 3.49. The highest BCUT2D eigenvalue weighted by Crippen LogP contribution is 2.26. The molecule has 0 radical (unpaired) electrons. The number of fused-ring (bicyclic) bond motifs is 3. The Bertz CT molecular complexity index is 620. The number of para-hydroxylation sites is 1. The fourth-order valence-electron chi connectivity index (χ4n) is 1.87. The molecule has 3 nitrogen and oxygen atoms in total. The number of ketones is 2. The first kappa shape index (κ1) is 8.17. The second kappa shape index (κ2) is 2.67. The number of nitrogens with one attached hydrogen (secondary N) is 1. The summed E-state index contributed by atoms with van der Waals surface area (Å²) in [5, 5.41) is 0.976. The van der Waals surface area contributed by atoms with Crippen molar-refractivity contribution in [1.29, 1.82) is 0 Å². The number of benzene rings is 1. The molecule has 1 N–H and O–H groups in total. The van der Waals surface area contributed by atoms with E-state index in [1.807, 2.05) is 24.3 Å². The van der Waals surface area contributed by atoms with Crippen molar-refractivity contribution in [3.63, 3.8) is 0 Å². The molecule has 1 aromatic carbocycles. The van der Waals surface area contributed by atoms with Crippen molar-refractivity contribution in [2.45, 2.75) is 0 Å². The molecule has 1 aliphatic carbocycles. The van der Waals surface area contributed by atoms with Crippen LogP contribution in [0.15, 0.2) is 30.3 Å². The van der Waals surface area contributed by atoms with Gasteiger partial charge in [-0.2, -0.15) is 0 Å².